The lowest BCUT2D eigenvalue weighted by atomic mass is 9.79. The van der Waals surface area contributed by atoms with Crippen molar-refractivity contribution in [2.75, 3.05) is 21.2 Å². The molecular formula is C22H25ClN2O3. The Balaban J connectivity index is 1.95. The van der Waals surface area contributed by atoms with Gasteiger partial charge in [0.2, 0.25) is 0 Å². The molecule has 1 saturated heterocycles. The molecule has 2 aliphatic rings. The molecular weight excluding hydrogens is 376 g/mol. The number of fused-ring (bicyclic) bond motifs is 1. The third kappa shape index (κ3) is 2.46. The zero-order valence-electron chi connectivity index (χ0n) is 16.8. The molecule has 0 aliphatic carbocycles. The molecule has 28 heavy (non-hydrogen) atoms. The third-order valence-corrected chi connectivity index (χ3v) is 6.72. The molecule has 2 aromatic carbocycles. The second-order valence-electron chi connectivity index (χ2n) is 7.98. The fourth-order valence-electron chi connectivity index (χ4n) is 4.38. The number of amides is 1. The molecule has 0 unspecified atom stereocenters. The number of carbonyl (C=O) groups excluding carboxylic acids is 1. The maximum atomic E-state index is 13.6. The van der Waals surface area contributed by atoms with Crippen LogP contribution in [0.2, 0.25) is 5.02 Å². The van der Waals surface area contributed by atoms with E-state index in [2.05, 4.69) is 12.1 Å². The van der Waals surface area contributed by atoms with Crippen LogP contribution in [0.4, 0.5) is 0 Å². The first-order valence-electron chi connectivity index (χ1n) is 9.36. The van der Waals surface area contributed by atoms with E-state index in [1.807, 2.05) is 57.1 Å². The maximum Gasteiger partial charge on any atom is 0.284 e. The first-order valence-corrected chi connectivity index (χ1v) is 9.74. The summed E-state index contributed by atoms with van der Waals surface area (Å²) in [6.45, 7) is 4.05. The van der Waals surface area contributed by atoms with E-state index < -0.39 is 11.4 Å². The molecule has 4 rings (SSSR count). The summed E-state index contributed by atoms with van der Waals surface area (Å²) in [5.41, 5.74) is 0.335. The van der Waals surface area contributed by atoms with Crippen molar-refractivity contribution >= 4 is 17.5 Å². The molecule has 0 radical (unpaired) electrons. The van der Waals surface area contributed by atoms with Crippen molar-refractivity contribution < 1.29 is 14.3 Å². The van der Waals surface area contributed by atoms with Crippen LogP contribution in [0.1, 0.15) is 30.9 Å². The number of hydrogen-bond donors (Lipinski definition) is 0. The zero-order chi connectivity index (χ0) is 20.3. The maximum absolute atomic E-state index is 13.6. The van der Waals surface area contributed by atoms with Gasteiger partial charge in [-0.15, -0.1) is 0 Å². The molecule has 1 fully saturated rings. The zero-order valence-corrected chi connectivity index (χ0v) is 17.6. The summed E-state index contributed by atoms with van der Waals surface area (Å²) in [5.74, 6) is 0.983. The van der Waals surface area contributed by atoms with Gasteiger partial charge in [0, 0.05) is 18.7 Å². The predicted octanol–water partition coefficient (Wildman–Crippen LogP) is 3.90. The highest BCUT2D eigenvalue weighted by atomic mass is 35.5. The summed E-state index contributed by atoms with van der Waals surface area (Å²) in [6.07, 6.45) is 0.621. The number of benzene rings is 2. The molecule has 148 valence electrons. The number of halogens is 1. The van der Waals surface area contributed by atoms with Crippen LogP contribution >= 0.6 is 11.6 Å². The van der Waals surface area contributed by atoms with Crippen LogP contribution in [0, 0.1) is 0 Å². The first kappa shape index (κ1) is 19.1. The number of nitrogens with zero attached hydrogens (tertiary/aromatic N) is 2. The Morgan fingerprint density at radius 2 is 1.86 bits per heavy atom. The molecule has 0 N–H and O–H groups in total. The largest absolute Gasteiger partial charge is 0.497 e. The molecule has 0 bridgehead atoms. The van der Waals surface area contributed by atoms with Gasteiger partial charge >= 0.3 is 0 Å². The summed E-state index contributed by atoms with van der Waals surface area (Å²) in [4.78, 5) is 17.4. The molecule has 2 atom stereocenters. The van der Waals surface area contributed by atoms with Gasteiger partial charge in [-0.25, -0.2) is 4.90 Å². The van der Waals surface area contributed by atoms with Gasteiger partial charge in [-0.2, -0.15) is 0 Å². The topological polar surface area (TPSA) is 42.0 Å². The predicted molar refractivity (Wildman–Crippen MR) is 109 cm³/mol. The number of rotatable bonds is 2. The number of likely N-dealkylation sites (N-methyl/N-ethyl adjacent to an activating group) is 2. The second kappa shape index (κ2) is 6.39. The van der Waals surface area contributed by atoms with Crippen molar-refractivity contribution in [3.05, 3.63) is 58.6 Å². The van der Waals surface area contributed by atoms with Crippen LogP contribution in [0.15, 0.2) is 42.5 Å². The number of methoxy groups -OCH3 is 1. The van der Waals surface area contributed by atoms with Gasteiger partial charge in [0.1, 0.15) is 11.5 Å². The number of ether oxygens (including phenoxy) is 2. The molecule has 6 heteroatoms. The van der Waals surface area contributed by atoms with Crippen molar-refractivity contribution in [2.45, 2.75) is 37.6 Å². The minimum atomic E-state index is -1.16. The van der Waals surface area contributed by atoms with Gasteiger partial charge in [-0.3, -0.25) is 4.79 Å². The fourth-order valence-corrected chi connectivity index (χ4v) is 4.65. The lowest BCUT2D eigenvalue weighted by molar-refractivity contribution is -0.153. The standard InChI is InChI=1S/C22H25ClN2O3/c1-21(2)24(3)20(26)22(25(21)4)17(14-9-7-6-8-10-14)12-15-11-16(27-5)13-18(23)19(15)28-22/h6-11,13,17H,12H2,1-5H3/t17-,22-/m1/s1. The Morgan fingerprint density at radius 1 is 1.18 bits per heavy atom. The van der Waals surface area contributed by atoms with Gasteiger partial charge < -0.3 is 14.4 Å². The number of carbonyl (C=O) groups is 1. The van der Waals surface area contributed by atoms with Gasteiger partial charge in [-0.1, -0.05) is 41.9 Å². The summed E-state index contributed by atoms with van der Waals surface area (Å²) in [5, 5.41) is 0.453. The van der Waals surface area contributed by atoms with E-state index >= 15 is 0 Å². The molecule has 0 aromatic heterocycles. The summed E-state index contributed by atoms with van der Waals surface area (Å²) >= 11 is 6.54. The minimum absolute atomic E-state index is 0.0635. The highest BCUT2D eigenvalue weighted by molar-refractivity contribution is 6.32. The second-order valence-corrected chi connectivity index (χ2v) is 8.39. The Labute approximate surface area is 170 Å². The number of hydrogen-bond acceptors (Lipinski definition) is 4. The van der Waals surface area contributed by atoms with E-state index in [0.717, 1.165) is 11.1 Å². The molecule has 2 aliphatic heterocycles. The highest BCUT2D eigenvalue weighted by Gasteiger charge is 2.66. The van der Waals surface area contributed by atoms with Crippen LogP contribution in [0.25, 0.3) is 0 Å². The van der Waals surface area contributed by atoms with Crippen molar-refractivity contribution in [1.82, 2.24) is 9.80 Å². The Bertz CT molecular complexity index is 931. The van der Waals surface area contributed by atoms with E-state index in [1.54, 1.807) is 18.1 Å². The Kier molecular flexibility index (Phi) is 4.36. The fraction of sp³-hybridized carbons (Fsp3) is 0.409. The lowest BCUT2D eigenvalue weighted by Crippen LogP contribution is -2.61. The van der Waals surface area contributed by atoms with E-state index in [4.69, 9.17) is 21.1 Å². The van der Waals surface area contributed by atoms with Crippen molar-refractivity contribution in [2.24, 2.45) is 0 Å². The Hall–Kier alpha value is -2.24. The molecule has 1 spiro atoms. The Morgan fingerprint density at radius 3 is 2.43 bits per heavy atom. The average molecular weight is 401 g/mol. The van der Waals surface area contributed by atoms with Gasteiger partial charge in [-0.05, 0) is 38.9 Å². The molecule has 2 aromatic rings. The lowest BCUT2D eigenvalue weighted by Gasteiger charge is -2.46. The minimum Gasteiger partial charge on any atom is -0.497 e. The molecule has 0 saturated carbocycles. The van der Waals surface area contributed by atoms with Crippen LogP contribution in [-0.2, 0) is 11.2 Å². The highest BCUT2D eigenvalue weighted by Crippen LogP contribution is 2.53. The van der Waals surface area contributed by atoms with Crippen molar-refractivity contribution in [3.8, 4) is 11.5 Å². The van der Waals surface area contributed by atoms with Crippen LogP contribution in [-0.4, -0.2) is 48.3 Å². The van der Waals surface area contributed by atoms with Crippen LogP contribution in [0.5, 0.6) is 11.5 Å². The molecule has 1 amide bonds. The summed E-state index contributed by atoms with van der Waals surface area (Å²) in [6, 6.07) is 13.7. The van der Waals surface area contributed by atoms with E-state index in [0.29, 0.717) is 22.9 Å². The quantitative estimate of drug-likeness (QED) is 0.766. The van der Waals surface area contributed by atoms with Crippen LogP contribution < -0.4 is 9.47 Å². The third-order valence-electron chi connectivity index (χ3n) is 6.44. The monoisotopic (exact) mass is 400 g/mol. The van der Waals surface area contributed by atoms with Crippen LogP contribution in [0.3, 0.4) is 0 Å². The summed E-state index contributed by atoms with van der Waals surface area (Å²) in [7, 11) is 5.38. The van der Waals surface area contributed by atoms with Gasteiger partial charge in [0.15, 0.2) is 0 Å². The molecule has 2 heterocycles. The van der Waals surface area contributed by atoms with Gasteiger partial charge in [0.05, 0.1) is 23.7 Å². The molecule has 5 nitrogen and oxygen atoms in total. The van der Waals surface area contributed by atoms with E-state index in [-0.39, 0.29) is 11.8 Å². The van der Waals surface area contributed by atoms with Crippen molar-refractivity contribution in [3.63, 3.8) is 0 Å². The smallest absolute Gasteiger partial charge is 0.284 e. The van der Waals surface area contributed by atoms with Gasteiger partial charge in [0.25, 0.3) is 11.6 Å². The van der Waals surface area contributed by atoms with E-state index in [1.165, 1.54) is 0 Å². The SMILES string of the molecule is COc1cc(Cl)c2c(c1)C[C@H](c1ccccc1)[C@@]1(O2)C(=O)N(C)C(C)(C)N1C. The average Bonchev–Trinajstić information content (AvgIpc) is 2.82. The van der Waals surface area contributed by atoms with E-state index in [9.17, 15) is 4.79 Å². The van der Waals surface area contributed by atoms with Crippen molar-refractivity contribution in [1.29, 1.82) is 0 Å². The normalized spacial score (nSPS) is 26.3. The first-order chi connectivity index (χ1) is 13.2. The summed E-state index contributed by atoms with van der Waals surface area (Å²) < 4.78 is 11.9.